The van der Waals surface area contributed by atoms with Gasteiger partial charge in [0.05, 0.1) is 0 Å². The van der Waals surface area contributed by atoms with Gasteiger partial charge in [0.1, 0.15) is 12.2 Å². The van der Waals surface area contributed by atoms with Gasteiger partial charge in [0, 0.05) is 47.7 Å². The molecule has 0 radical (unpaired) electrons. The van der Waals surface area contributed by atoms with Crippen molar-refractivity contribution < 1.29 is 0 Å². The van der Waals surface area contributed by atoms with E-state index in [-0.39, 0.29) is 24.0 Å². The Bertz CT molecular complexity index is 676. The van der Waals surface area contributed by atoms with Gasteiger partial charge in [-0.2, -0.15) is 0 Å². The van der Waals surface area contributed by atoms with Crippen molar-refractivity contribution in [2.75, 3.05) is 20.1 Å². The molecule has 1 aromatic heterocycles. The SMILES string of the molecule is CCc1nncn1CCNC(=NC)NCC(C)Sc1ccc(Br)cc1.I. The molecule has 1 unspecified atom stereocenters. The second-order valence-corrected chi connectivity index (χ2v) is 7.98. The number of benzene rings is 1. The van der Waals surface area contributed by atoms with E-state index in [1.165, 1.54) is 4.90 Å². The summed E-state index contributed by atoms with van der Waals surface area (Å²) in [5.41, 5.74) is 0. The first-order valence-corrected chi connectivity index (χ1v) is 10.0. The molecule has 2 rings (SSSR count). The third kappa shape index (κ3) is 7.83. The Labute approximate surface area is 185 Å². The van der Waals surface area contributed by atoms with Crippen LogP contribution >= 0.6 is 51.7 Å². The molecule has 0 saturated heterocycles. The van der Waals surface area contributed by atoms with Crippen molar-refractivity contribution in [3.63, 3.8) is 0 Å². The van der Waals surface area contributed by atoms with Crippen molar-refractivity contribution >= 4 is 57.6 Å². The molecule has 0 saturated carbocycles. The number of thioether (sulfide) groups is 1. The maximum Gasteiger partial charge on any atom is 0.191 e. The van der Waals surface area contributed by atoms with Crippen molar-refractivity contribution in [2.24, 2.45) is 4.99 Å². The van der Waals surface area contributed by atoms with Gasteiger partial charge in [0.25, 0.3) is 0 Å². The first-order chi connectivity index (χ1) is 12.1. The van der Waals surface area contributed by atoms with E-state index < -0.39 is 0 Å². The van der Waals surface area contributed by atoms with Gasteiger partial charge >= 0.3 is 0 Å². The van der Waals surface area contributed by atoms with E-state index in [2.05, 4.69) is 84.4 Å². The smallest absolute Gasteiger partial charge is 0.191 e. The number of guanidine groups is 1. The lowest BCUT2D eigenvalue weighted by Gasteiger charge is -2.16. The molecule has 0 aliphatic carbocycles. The third-order valence-corrected chi connectivity index (χ3v) is 5.23. The van der Waals surface area contributed by atoms with E-state index in [9.17, 15) is 0 Å². The Morgan fingerprint density at radius 2 is 2.04 bits per heavy atom. The predicted octanol–water partition coefficient (Wildman–Crippen LogP) is 3.57. The highest BCUT2D eigenvalue weighted by molar-refractivity contribution is 14.0. The molecule has 1 aromatic carbocycles. The number of nitrogens with one attached hydrogen (secondary N) is 2. The van der Waals surface area contributed by atoms with Gasteiger partial charge in [-0.3, -0.25) is 4.99 Å². The molecule has 1 heterocycles. The van der Waals surface area contributed by atoms with E-state index in [0.29, 0.717) is 5.25 Å². The van der Waals surface area contributed by atoms with E-state index in [0.717, 1.165) is 42.3 Å². The number of hydrogen-bond acceptors (Lipinski definition) is 4. The van der Waals surface area contributed by atoms with Crippen LogP contribution in [0.4, 0.5) is 0 Å². The van der Waals surface area contributed by atoms with Gasteiger partial charge in [0.15, 0.2) is 5.96 Å². The Kier molecular flexibility index (Phi) is 11.2. The standard InChI is InChI=1S/C17H25BrN6S.HI/c1-4-16-23-22-12-24(16)10-9-20-17(19-3)21-11-13(2)25-15-7-5-14(18)6-8-15;/h5-8,12-13H,4,9-11H2,1-3H3,(H2,19,20,21);1H. The second-order valence-electron chi connectivity index (χ2n) is 5.56. The minimum atomic E-state index is 0. The number of nitrogens with zero attached hydrogens (tertiary/aromatic N) is 4. The molecular weight excluding hydrogens is 527 g/mol. The largest absolute Gasteiger partial charge is 0.355 e. The molecule has 26 heavy (non-hydrogen) atoms. The predicted molar refractivity (Wildman–Crippen MR) is 124 cm³/mol. The van der Waals surface area contributed by atoms with Crippen LogP contribution in [0.5, 0.6) is 0 Å². The highest BCUT2D eigenvalue weighted by atomic mass is 127. The first-order valence-electron chi connectivity index (χ1n) is 8.35. The maximum absolute atomic E-state index is 4.28. The highest BCUT2D eigenvalue weighted by Gasteiger charge is 2.07. The van der Waals surface area contributed by atoms with Gasteiger partial charge in [-0.05, 0) is 24.3 Å². The van der Waals surface area contributed by atoms with Gasteiger partial charge in [-0.15, -0.1) is 45.9 Å². The summed E-state index contributed by atoms with van der Waals surface area (Å²) in [6.45, 7) is 6.73. The van der Waals surface area contributed by atoms with Crippen LogP contribution in [0.1, 0.15) is 19.7 Å². The minimum absolute atomic E-state index is 0. The van der Waals surface area contributed by atoms with Gasteiger partial charge in [0.2, 0.25) is 0 Å². The fourth-order valence-corrected chi connectivity index (χ4v) is 3.47. The molecule has 6 nitrogen and oxygen atoms in total. The molecule has 144 valence electrons. The molecule has 2 aromatic rings. The fraction of sp³-hybridized carbons (Fsp3) is 0.471. The van der Waals surface area contributed by atoms with Crippen LogP contribution in [0, 0.1) is 0 Å². The van der Waals surface area contributed by atoms with Gasteiger partial charge in [-0.1, -0.05) is 29.8 Å². The Hall–Kier alpha value is -0.810. The van der Waals surface area contributed by atoms with Crippen LogP contribution in [-0.2, 0) is 13.0 Å². The zero-order valence-electron chi connectivity index (χ0n) is 15.3. The Balaban J connectivity index is 0.00000338. The molecule has 2 N–H and O–H groups in total. The van der Waals surface area contributed by atoms with Gasteiger partial charge in [-0.25, -0.2) is 0 Å². The zero-order chi connectivity index (χ0) is 18.1. The number of aromatic nitrogens is 3. The lowest BCUT2D eigenvalue weighted by molar-refractivity contribution is 0.632. The fourth-order valence-electron chi connectivity index (χ4n) is 2.28. The van der Waals surface area contributed by atoms with E-state index in [1.54, 1.807) is 13.4 Å². The van der Waals surface area contributed by atoms with Crippen molar-refractivity contribution in [2.45, 2.75) is 37.0 Å². The summed E-state index contributed by atoms with van der Waals surface area (Å²) in [6, 6.07) is 8.39. The van der Waals surface area contributed by atoms with Crippen molar-refractivity contribution in [3.8, 4) is 0 Å². The second kappa shape index (κ2) is 12.6. The summed E-state index contributed by atoms with van der Waals surface area (Å²) in [6.07, 6.45) is 2.66. The Morgan fingerprint density at radius 3 is 2.69 bits per heavy atom. The zero-order valence-corrected chi connectivity index (χ0v) is 20.0. The van der Waals surface area contributed by atoms with Crippen LogP contribution in [-0.4, -0.2) is 46.1 Å². The molecule has 0 bridgehead atoms. The van der Waals surface area contributed by atoms with Crippen LogP contribution in [0.2, 0.25) is 0 Å². The number of hydrogen-bond donors (Lipinski definition) is 2. The molecule has 0 fully saturated rings. The lowest BCUT2D eigenvalue weighted by atomic mass is 10.4. The first kappa shape index (κ1) is 23.2. The average molecular weight is 553 g/mol. The minimum Gasteiger partial charge on any atom is -0.355 e. The summed E-state index contributed by atoms with van der Waals surface area (Å²) in [5, 5.41) is 15.2. The number of aryl methyl sites for hydroxylation is 1. The monoisotopic (exact) mass is 552 g/mol. The normalized spacial score (nSPS) is 12.4. The van der Waals surface area contributed by atoms with Crippen LogP contribution in [0.3, 0.4) is 0 Å². The quantitative estimate of drug-likeness (QED) is 0.227. The van der Waals surface area contributed by atoms with Crippen molar-refractivity contribution in [1.82, 2.24) is 25.4 Å². The summed E-state index contributed by atoms with van der Waals surface area (Å²) in [7, 11) is 1.79. The molecule has 0 spiro atoms. The van der Waals surface area contributed by atoms with E-state index >= 15 is 0 Å². The van der Waals surface area contributed by atoms with Crippen molar-refractivity contribution in [3.05, 3.63) is 40.9 Å². The average Bonchev–Trinajstić information content (AvgIpc) is 3.07. The molecular formula is C17H26BrIN6S. The highest BCUT2D eigenvalue weighted by Crippen LogP contribution is 2.24. The van der Waals surface area contributed by atoms with E-state index in [1.807, 2.05) is 11.8 Å². The number of aliphatic imine (C=N–C) groups is 1. The van der Waals surface area contributed by atoms with Crippen LogP contribution in [0.25, 0.3) is 0 Å². The summed E-state index contributed by atoms with van der Waals surface area (Å²) in [5.74, 6) is 1.82. The summed E-state index contributed by atoms with van der Waals surface area (Å²) < 4.78 is 3.17. The summed E-state index contributed by atoms with van der Waals surface area (Å²) in [4.78, 5) is 5.54. The van der Waals surface area contributed by atoms with E-state index in [4.69, 9.17) is 0 Å². The molecule has 0 aliphatic heterocycles. The van der Waals surface area contributed by atoms with Crippen molar-refractivity contribution in [1.29, 1.82) is 0 Å². The number of halogens is 2. The molecule has 1 atom stereocenters. The third-order valence-electron chi connectivity index (χ3n) is 3.59. The lowest BCUT2D eigenvalue weighted by Crippen LogP contribution is -2.41. The van der Waals surface area contributed by atoms with Crippen LogP contribution < -0.4 is 10.6 Å². The van der Waals surface area contributed by atoms with Gasteiger partial charge < -0.3 is 15.2 Å². The Morgan fingerprint density at radius 1 is 1.31 bits per heavy atom. The molecule has 0 aliphatic rings. The topological polar surface area (TPSA) is 67.1 Å². The molecule has 0 amide bonds. The number of rotatable bonds is 8. The summed E-state index contributed by atoms with van der Waals surface area (Å²) >= 11 is 5.31. The maximum atomic E-state index is 4.28. The van der Waals surface area contributed by atoms with Crippen LogP contribution in [0.15, 0.2) is 45.0 Å². The molecule has 9 heteroatoms.